The summed E-state index contributed by atoms with van der Waals surface area (Å²) in [7, 11) is 0. The average Bonchev–Trinajstić information content (AvgIpc) is 3.38. The number of benzene rings is 1. The highest BCUT2D eigenvalue weighted by Crippen LogP contribution is 2.77. The first-order valence-corrected chi connectivity index (χ1v) is 13.7. The van der Waals surface area contributed by atoms with Gasteiger partial charge in [-0.2, -0.15) is 0 Å². The number of alkyl halides is 2. The fraction of sp³-hybridized carbons (Fsp3) is 0.567. The number of carbonyl (C=O) groups is 3. The third kappa shape index (κ3) is 2.97. The van der Waals surface area contributed by atoms with Crippen LogP contribution in [0.25, 0.3) is 0 Å². The van der Waals surface area contributed by atoms with Crippen LogP contribution in [0.5, 0.6) is 0 Å². The van der Waals surface area contributed by atoms with Crippen molar-refractivity contribution in [1.82, 2.24) is 0 Å². The van der Waals surface area contributed by atoms with Gasteiger partial charge in [-0.15, -0.1) is 0 Å². The van der Waals surface area contributed by atoms with E-state index < -0.39 is 75.7 Å². The number of hydroxylamine groups is 1. The van der Waals surface area contributed by atoms with E-state index in [2.05, 4.69) is 0 Å². The van der Waals surface area contributed by atoms with Crippen LogP contribution in [0.4, 0.5) is 14.5 Å². The maximum absolute atomic E-state index is 17.7. The molecule has 5 aliphatic rings. The molecule has 1 amide bonds. The number of allylic oxidation sites excluding steroid dienone is 4. The number of aliphatic hydroxyl groups is 2. The molecular formula is C30H34F2N2O6. The molecule has 1 aromatic carbocycles. The summed E-state index contributed by atoms with van der Waals surface area (Å²) in [6.45, 7) is 4.57. The molecule has 6 rings (SSSR count). The fourth-order valence-electron chi connectivity index (χ4n) is 9.27. The molecule has 3 saturated carbocycles. The Morgan fingerprint density at radius 2 is 1.85 bits per heavy atom. The zero-order chi connectivity index (χ0) is 29.0. The van der Waals surface area contributed by atoms with Gasteiger partial charge in [0.15, 0.2) is 22.8 Å². The predicted octanol–water partition coefficient (Wildman–Crippen LogP) is 2.77. The van der Waals surface area contributed by atoms with Gasteiger partial charge in [-0.3, -0.25) is 24.3 Å². The molecule has 214 valence electrons. The first-order chi connectivity index (χ1) is 18.7. The number of nitrogens with two attached hydrogens (primary N) is 1. The van der Waals surface area contributed by atoms with Crippen LogP contribution in [0.3, 0.4) is 0 Å². The number of ketones is 2. The molecule has 4 aliphatic carbocycles. The van der Waals surface area contributed by atoms with Crippen LogP contribution in [0.2, 0.25) is 0 Å². The van der Waals surface area contributed by atoms with E-state index in [9.17, 15) is 24.6 Å². The van der Waals surface area contributed by atoms with Crippen LogP contribution in [-0.2, 0) is 14.4 Å². The Morgan fingerprint density at radius 1 is 1.18 bits per heavy atom. The van der Waals surface area contributed by atoms with E-state index in [4.69, 9.17) is 10.6 Å². The molecule has 10 heteroatoms. The Hall–Kier alpha value is -2.95. The number of Topliss-reactive ketones (excluding diaryl/α,β-unsaturated/α-hetero) is 1. The highest BCUT2D eigenvalue weighted by atomic mass is 19.1. The number of rotatable bonds is 4. The molecule has 1 heterocycles. The van der Waals surface area contributed by atoms with Gasteiger partial charge in [-0.05, 0) is 73.6 Å². The molecule has 1 aliphatic heterocycles. The molecule has 0 radical (unpaired) electrons. The number of nitrogens with zero attached hydrogens (tertiary/aromatic N) is 1. The van der Waals surface area contributed by atoms with Crippen LogP contribution in [0.1, 0.15) is 50.4 Å². The second-order valence-electron chi connectivity index (χ2n) is 12.8. The Balaban J connectivity index is 1.45. The molecule has 0 bridgehead atoms. The zero-order valence-corrected chi connectivity index (χ0v) is 22.7. The predicted molar refractivity (Wildman–Crippen MR) is 140 cm³/mol. The zero-order valence-electron chi connectivity index (χ0n) is 22.7. The summed E-state index contributed by atoms with van der Waals surface area (Å²) in [6, 6.07) is 6.37. The lowest BCUT2D eigenvalue weighted by molar-refractivity contribution is -0.256. The number of carbonyl (C=O) groups excluding carboxylic acids is 3. The van der Waals surface area contributed by atoms with Crippen molar-refractivity contribution in [2.75, 3.05) is 18.2 Å². The number of fused-ring (bicyclic) bond motifs is 7. The quantitative estimate of drug-likeness (QED) is 0.520. The van der Waals surface area contributed by atoms with Crippen LogP contribution >= 0.6 is 0 Å². The smallest absolute Gasteiger partial charge is 0.248 e. The first kappa shape index (κ1) is 27.2. The van der Waals surface area contributed by atoms with Gasteiger partial charge in [-0.1, -0.05) is 19.9 Å². The van der Waals surface area contributed by atoms with Gasteiger partial charge in [0.2, 0.25) is 5.91 Å². The van der Waals surface area contributed by atoms with E-state index in [-0.39, 0.29) is 25.0 Å². The average molecular weight is 557 g/mol. The largest absolute Gasteiger partial charge is 0.390 e. The maximum Gasteiger partial charge on any atom is 0.248 e. The molecule has 8 nitrogen and oxygen atoms in total. The molecule has 0 aromatic heterocycles. The summed E-state index contributed by atoms with van der Waals surface area (Å²) < 4.78 is 33.5. The maximum atomic E-state index is 17.7. The molecule has 1 saturated heterocycles. The SMILES string of the molecule is C[C@]12C[C@H](O)[C@@]3(F)[C@@H](C[C@H](F)C4=CC(=O)C=C[C@@]43C)[C@]1(C)C[C@H]1CN(c3ccc(C(N)=O)cc3)O[C@]12C(=O)CO. The summed E-state index contributed by atoms with van der Waals surface area (Å²) >= 11 is 0. The van der Waals surface area contributed by atoms with E-state index in [1.54, 1.807) is 31.2 Å². The van der Waals surface area contributed by atoms with Crippen molar-refractivity contribution in [1.29, 1.82) is 0 Å². The molecule has 40 heavy (non-hydrogen) atoms. The molecule has 4 N–H and O–H groups in total. The minimum Gasteiger partial charge on any atom is -0.390 e. The monoisotopic (exact) mass is 556 g/mol. The molecule has 0 spiro atoms. The van der Waals surface area contributed by atoms with Crippen molar-refractivity contribution in [3.8, 4) is 0 Å². The lowest BCUT2D eigenvalue weighted by Gasteiger charge is -2.67. The van der Waals surface area contributed by atoms with E-state index in [1.807, 2.05) is 6.92 Å². The number of halogens is 2. The van der Waals surface area contributed by atoms with Gasteiger partial charge in [0, 0.05) is 28.2 Å². The normalized spacial score (nSPS) is 45.3. The van der Waals surface area contributed by atoms with Gasteiger partial charge in [-0.25, -0.2) is 8.78 Å². The van der Waals surface area contributed by atoms with Gasteiger partial charge < -0.3 is 15.9 Å². The number of hydrogen-bond donors (Lipinski definition) is 3. The van der Waals surface area contributed by atoms with Gasteiger partial charge in [0.05, 0.1) is 18.3 Å². The second kappa shape index (κ2) is 8.30. The van der Waals surface area contributed by atoms with Crippen molar-refractivity contribution >= 4 is 23.2 Å². The van der Waals surface area contributed by atoms with Crippen molar-refractivity contribution in [2.45, 2.75) is 63.6 Å². The third-order valence-electron chi connectivity index (χ3n) is 11.4. The van der Waals surface area contributed by atoms with Crippen LogP contribution in [0.15, 0.2) is 48.1 Å². The van der Waals surface area contributed by atoms with Gasteiger partial charge in [0.25, 0.3) is 0 Å². The molecule has 9 atom stereocenters. The van der Waals surface area contributed by atoms with Crippen LogP contribution in [-0.4, -0.2) is 64.4 Å². The van der Waals surface area contributed by atoms with Gasteiger partial charge in [0.1, 0.15) is 12.8 Å². The summed E-state index contributed by atoms with van der Waals surface area (Å²) in [5.41, 5.74) is -1.40. The van der Waals surface area contributed by atoms with Crippen LogP contribution in [0, 0.1) is 28.1 Å². The highest BCUT2D eigenvalue weighted by Gasteiger charge is 2.83. The standard InChI is InChI=1S/C30H34F2N2O6/c1-26-9-8-19(36)10-20(26)21(31)11-22-27(2)12-17-14-34(18-6-4-16(5-7-18)25(33)39)40-30(17,24(38)15-35)28(27,3)13-23(37)29(22,26)32/h4-10,17,21-23,35,37H,11-15H2,1-3H3,(H2,33,39)/t17-,21-,22-,23-,26-,27-,28-,29-,30-/m0/s1. The topological polar surface area (TPSA) is 130 Å². The second-order valence-corrected chi connectivity index (χ2v) is 12.8. The number of primary amides is 1. The summed E-state index contributed by atoms with van der Waals surface area (Å²) in [4.78, 5) is 43.8. The van der Waals surface area contributed by atoms with Crippen LogP contribution < -0.4 is 10.8 Å². The highest BCUT2D eigenvalue weighted by molar-refractivity contribution is 6.01. The Morgan fingerprint density at radius 3 is 2.48 bits per heavy atom. The molecule has 1 aromatic rings. The lowest BCUT2D eigenvalue weighted by atomic mass is 9.39. The fourth-order valence-corrected chi connectivity index (χ4v) is 9.27. The van der Waals surface area contributed by atoms with Gasteiger partial charge >= 0.3 is 0 Å². The number of anilines is 1. The van der Waals surface area contributed by atoms with Crippen molar-refractivity contribution in [2.24, 2.45) is 33.8 Å². The molecule has 0 unspecified atom stereocenters. The summed E-state index contributed by atoms with van der Waals surface area (Å²) in [5.74, 6) is -3.10. The first-order valence-electron chi connectivity index (χ1n) is 13.7. The summed E-state index contributed by atoms with van der Waals surface area (Å²) in [6.07, 6.45) is 0.416. The number of amides is 1. The van der Waals surface area contributed by atoms with Crippen molar-refractivity contribution in [3.63, 3.8) is 0 Å². The van der Waals surface area contributed by atoms with E-state index >= 15 is 8.78 Å². The molecular weight excluding hydrogens is 522 g/mol. The molecule has 4 fully saturated rings. The van der Waals surface area contributed by atoms with Crippen molar-refractivity contribution in [3.05, 3.63) is 53.6 Å². The number of aliphatic hydroxyl groups excluding tert-OH is 2. The lowest BCUT2D eigenvalue weighted by Crippen LogP contribution is -2.73. The van der Waals surface area contributed by atoms with E-state index in [1.165, 1.54) is 24.1 Å². The Labute approximate surface area is 230 Å². The summed E-state index contributed by atoms with van der Waals surface area (Å²) in [5, 5.41) is 23.4. The Bertz CT molecular complexity index is 1380. The third-order valence-corrected chi connectivity index (χ3v) is 11.4. The van der Waals surface area contributed by atoms with Crippen molar-refractivity contribution < 1.29 is 38.2 Å². The Kier molecular flexibility index (Phi) is 5.65. The van der Waals surface area contributed by atoms with E-state index in [0.717, 1.165) is 6.08 Å². The van der Waals surface area contributed by atoms with E-state index in [0.29, 0.717) is 17.7 Å². The minimum atomic E-state index is -2.31. The number of hydrogen-bond acceptors (Lipinski definition) is 7. The minimum absolute atomic E-state index is 0.0335.